The van der Waals surface area contributed by atoms with Crippen molar-refractivity contribution in [3.8, 4) is 0 Å². The Kier molecular flexibility index (Phi) is 4.74. The zero-order valence-electron chi connectivity index (χ0n) is 12.2. The van der Waals surface area contributed by atoms with Gasteiger partial charge in [-0.25, -0.2) is 0 Å². The Morgan fingerprint density at radius 2 is 2.33 bits per heavy atom. The van der Waals surface area contributed by atoms with Gasteiger partial charge in [0, 0.05) is 39.2 Å². The van der Waals surface area contributed by atoms with E-state index >= 15 is 0 Å². The lowest BCUT2D eigenvalue weighted by atomic mass is 10.1. The van der Waals surface area contributed by atoms with Crippen molar-refractivity contribution in [2.45, 2.75) is 6.42 Å². The van der Waals surface area contributed by atoms with Crippen LogP contribution in [0.5, 0.6) is 0 Å². The first kappa shape index (κ1) is 15.2. The lowest BCUT2D eigenvalue weighted by molar-refractivity contribution is -0.384. The summed E-state index contributed by atoms with van der Waals surface area (Å²) < 4.78 is 5.12. The number of hydrogen-bond donors (Lipinski definition) is 1. The van der Waals surface area contributed by atoms with Crippen molar-refractivity contribution in [3.05, 3.63) is 33.9 Å². The second-order valence-corrected chi connectivity index (χ2v) is 5.07. The van der Waals surface area contributed by atoms with Crippen molar-refractivity contribution < 1.29 is 14.5 Å². The third kappa shape index (κ3) is 3.13. The molecule has 0 aromatic heterocycles. The maximum Gasteiger partial charge on any atom is 0.293 e. The summed E-state index contributed by atoms with van der Waals surface area (Å²) in [6, 6.07) is 4.54. The fourth-order valence-electron chi connectivity index (χ4n) is 2.69. The average Bonchev–Trinajstić information content (AvgIpc) is 2.94. The number of amides is 1. The van der Waals surface area contributed by atoms with Crippen LogP contribution in [-0.2, 0) is 4.74 Å². The van der Waals surface area contributed by atoms with Crippen LogP contribution in [0.25, 0.3) is 0 Å². The minimum absolute atomic E-state index is 0.0870. The van der Waals surface area contributed by atoms with E-state index in [9.17, 15) is 14.9 Å². The van der Waals surface area contributed by atoms with Crippen molar-refractivity contribution in [2.75, 3.05) is 39.2 Å². The number of anilines is 1. The van der Waals surface area contributed by atoms with Crippen molar-refractivity contribution in [3.63, 3.8) is 0 Å². The van der Waals surface area contributed by atoms with Crippen LogP contribution in [0.15, 0.2) is 18.2 Å². The highest BCUT2D eigenvalue weighted by Gasteiger charge is 2.29. The fraction of sp³-hybridized carbons (Fsp3) is 0.500. The standard InChI is InChI=1S/C14H19N3O4/c1-15-13-11(4-3-5-12(13)17(19)20)14(18)16-7-6-10(8-16)9-21-2/h3-5,10,15H,6-9H2,1-2H3. The predicted octanol–water partition coefficient (Wildman–Crippen LogP) is 1.74. The molecule has 1 aliphatic heterocycles. The number of nitrogens with zero attached hydrogens (tertiary/aromatic N) is 2. The molecule has 1 amide bonds. The highest BCUT2D eigenvalue weighted by Crippen LogP contribution is 2.30. The van der Waals surface area contributed by atoms with E-state index < -0.39 is 4.92 Å². The number of benzene rings is 1. The van der Waals surface area contributed by atoms with Crippen LogP contribution in [0, 0.1) is 16.0 Å². The van der Waals surface area contributed by atoms with Gasteiger partial charge in [0.2, 0.25) is 0 Å². The molecule has 1 atom stereocenters. The molecule has 1 heterocycles. The van der Waals surface area contributed by atoms with Gasteiger partial charge in [-0.1, -0.05) is 6.07 Å². The van der Waals surface area contributed by atoms with Crippen LogP contribution in [-0.4, -0.2) is 49.6 Å². The summed E-state index contributed by atoms with van der Waals surface area (Å²) in [4.78, 5) is 24.9. The Hall–Kier alpha value is -2.15. The fourth-order valence-corrected chi connectivity index (χ4v) is 2.69. The molecule has 7 nitrogen and oxygen atoms in total. The van der Waals surface area contributed by atoms with Gasteiger partial charge in [-0.05, 0) is 12.5 Å². The molecule has 1 saturated heterocycles. The molecule has 7 heteroatoms. The van der Waals surface area contributed by atoms with Gasteiger partial charge in [-0.2, -0.15) is 0 Å². The zero-order chi connectivity index (χ0) is 15.4. The van der Waals surface area contributed by atoms with Gasteiger partial charge >= 0.3 is 0 Å². The van der Waals surface area contributed by atoms with Gasteiger partial charge in [-0.3, -0.25) is 14.9 Å². The molecule has 1 N–H and O–H groups in total. The van der Waals surface area contributed by atoms with Crippen LogP contribution >= 0.6 is 0 Å². The summed E-state index contributed by atoms with van der Waals surface area (Å²) >= 11 is 0. The summed E-state index contributed by atoms with van der Waals surface area (Å²) in [6.07, 6.45) is 0.892. The van der Waals surface area contributed by atoms with Crippen LogP contribution in [0.4, 0.5) is 11.4 Å². The van der Waals surface area contributed by atoms with E-state index in [0.717, 1.165) is 6.42 Å². The molecular formula is C14H19N3O4. The molecular weight excluding hydrogens is 274 g/mol. The van der Waals surface area contributed by atoms with Gasteiger partial charge in [0.15, 0.2) is 0 Å². The van der Waals surface area contributed by atoms with E-state index in [1.54, 1.807) is 25.1 Å². The van der Waals surface area contributed by atoms with E-state index in [-0.39, 0.29) is 17.3 Å². The molecule has 1 unspecified atom stereocenters. The lowest BCUT2D eigenvalue weighted by Gasteiger charge is -2.18. The van der Waals surface area contributed by atoms with Crippen LogP contribution < -0.4 is 5.32 Å². The number of hydrogen-bond acceptors (Lipinski definition) is 5. The molecule has 1 aromatic carbocycles. The molecule has 0 spiro atoms. The first-order valence-corrected chi connectivity index (χ1v) is 6.81. The van der Waals surface area contributed by atoms with Crippen molar-refractivity contribution in [1.29, 1.82) is 0 Å². The summed E-state index contributed by atoms with van der Waals surface area (Å²) in [5.41, 5.74) is 0.517. The number of carbonyl (C=O) groups is 1. The Balaban J connectivity index is 2.24. The number of rotatable bonds is 5. The van der Waals surface area contributed by atoms with Crippen LogP contribution in [0.3, 0.4) is 0 Å². The monoisotopic (exact) mass is 293 g/mol. The summed E-state index contributed by atoms with van der Waals surface area (Å²) in [5.74, 6) is 0.150. The molecule has 1 fully saturated rings. The minimum atomic E-state index is -0.486. The number of carbonyl (C=O) groups excluding carboxylic acids is 1. The van der Waals surface area contributed by atoms with E-state index in [2.05, 4.69) is 5.32 Å². The van der Waals surface area contributed by atoms with E-state index in [4.69, 9.17) is 4.74 Å². The second kappa shape index (κ2) is 6.53. The van der Waals surface area contributed by atoms with E-state index in [0.29, 0.717) is 31.2 Å². The third-order valence-corrected chi connectivity index (χ3v) is 3.70. The number of likely N-dealkylation sites (tertiary alicyclic amines) is 1. The number of nitrogens with one attached hydrogen (secondary N) is 1. The number of nitro groups is 1. The second-order valence-electron chi connectivity index (χ2n) is 5.07. The molecule has 0 radical (unpaired) electrons. The van der Waals surface area contributed by atoms with Gasteiger partial charge in [0.25, 0.3) is 11.6 Å². The minimum Gasteiger partial charge on any atom is -0.384 e. The highest BCUT2D eigenvalue weighted by atomic mass is 16.6. The molecule has 21 heavy (non-hydrogen) atoms. The Morgan fingerprint density at radius 1 is 1.57 bits per heavy atom. The SMILES string of the molecule is CNc1c(C(=O)N2CCC(COC)C2)cccc1[N+](=O)[O-]. The number of nitro benzene ring substituents is 1. The lowest BCUT2D eigenvalue weighted by Crippen LogP contribution is -2.30. The van der Waals surface area contributed by atoms with Crippen molar-refractivity contribution in [1.82, 2.24) is 4.90 Å². The van der Waals surface area contributed by atoms with Gasteiger partial charge in [-0.15, -0.1) is 0 Å². The quantitative estimate of drug-likeness (QED) is 0.660. The summed E-state index contributed by atoms with van der Waals surface area (Å²) in [6.45, 7) is 1.90. The van der Waals surface area contributed by atoms with Gasteiger partial charge in [0.05, 0.1) is 17.1 Å². The van der Waals surface area contributed by atoms with Crippen LogP contribution in [0.2, 0.25) is 0 Å². The van der Waals surface area contributed by atoms with Gasteiger partial charge < -0.3 is 15.0 Å². The van der Waals surface area contributed by atoms with Crippen molar-refractivity contribution in [2.24, 2.45) is 5.92 Å². The number of ether oxygens (including phenoxy) is 1. The molecule has 0 saturated carbocycles. The summed E-state index contributed by atoms with van der Waals surface area (Å²) in [5, 5.41) is 13.8. The van der Waals surface area contributed by atoms with Crippen LogP contribution in [0.1, 0.15) is 16.8 Å². The zero-order valence-corrected chi connectivity index (χ0v) is 12.2. The number of methoxy groups -OCH3 is 1. The topological polar surface area (TPSA) is 84.7 Å². The maximum absolute atomic E-state index is 12.6. The van der Waals surface area contributed by atoms with E-state index in [1.807, 2.05) is 0 Å². The number of para-hydroxylation sites is 1. The molecule has 1 aromatic rings. The summed E-state index contributed by atoms with van der Waals surface area (Å²) in [7, 11) is 3.22. The van der Waals surface area contributed by atoms with Gasteiger partial charge in [0.1, 0.15) is 5.69 Å². The Labute approximate surface area is 123 Å². The predicted molar refractivity (Wildman–Crippen MR) is 78.5 cm³/mol. The normalized spacial score (nSPS) is 17.8. The molecule has 1 aliphatic rings. The molecule has 2 rings (SSSR count). The molecule has 0 bridgehead atoms. The third-order valence-electron chi connectivity index (χ3n) is 3.70. The first-order chi connectivity index (χ1) is 10.1. The average molecular weight is 293 g/mol. The first-order valence-electron chi connectivity index (χ1n) is 6.81. The largest absolute Gasteiger partial charge is 0.384 e. The highest BCUT2D eigenvalue weighted by molar-refractivity contribution is 6.01. The maximum atomic E-state index is 12.6. The molecule has 0 aliphatic carbocycles. The van der Waals surface area contributed by atoms with Crippen molar-refractivity contribution >= 4 is 17.3 Å². The Bertz CT molecular complexity index is 547. The van der Waals surface area contributed by atoms with E-state index in [1.165, 1.54) is 12.1 Å². The smallest absolute Gasteiger partial charge is 0.293 e. The Morgan fingerprint density at radius 3 is 2.95 bits per heavy atom. The molecule has 114 valence electrons.